The normalized spacial score (nSPS) is 12.1. The molecule has 3 heteroatoms. The number of nitrogens with one attached hydrogen (secondary N) is 1. The molecule has 0 aliphatic carbocycles. The lowest BCUT2D eigenvalue weighted by Crippen LogP contribution is -2.28. The molecule has 0 aliphatic rings. The minimum Gasteiger partial charge on any atom is -0.464 e. The smallest absolute Gasteiger partial charge is 0.221 e. The summed E-state index contributed by atoms with van der Waals surface area (Å²) in [4.78, 5) is 12.6. The van der Waals surface area contributed by atoms with Crippen molar-refractivity contribution in [2.75, 3.05) is 0 Å². The van der Waals surface area contributed by atoms with Crippen LogP contribution in [0.4, 0.5) is 0 Å². The van der Waals surface area contributed by atoms with E-state index < -0.39 is 0 Å². The molecule has 128 valence electrons. The second-order valence-electron chi connectivity index (χ2n) is 6.32. The third-order valence-electron chi connectivity index (χ3n) is 4.36. The average molecular weight is 333 g/mol. The molecule has 0 fully saturated rings. The number of furan rings is 1. The maximum Gasteiger partial charge on any atom is 0.221 e. The Morgan fingerprint density at radius 3 is 1.96 bits per heavy atom. The molecule has 1 aromatic heterocycles. The van der Waals surface area contributed by atoms with Crippen molar-refractivity contribution < 1.29 is 9.21 Å². The highest BCUT2D eigenvalue weighted by Gasteiger charge is 2.20. The molecule has 3 nitrogen and oxygen atoms in total. The SMILES string of the molecule is Cc1ccc(C(C)NC(=O)CC(c2ccccc2)c2ccccc2)o1. The molecule has 0 aliphatic heterocycles. The Balaban J connectivity index is 1.75. The van der Waals surface area contributed by atoms with E-state index in [1.54, 1.807) is 0 Å². The van der Waals surface area contributed by atoms with Crippen LogP contribution in [0.1, 0.15) is 48.0 Å². The molecule has 0 spiro atoms. The van der Waals surface area contributed by atoms with Crippen LogP contribution in [0.3, 0.4) is 0 Å². The number of benzene rings is 2. The van der Waals surface area contributed by atoms with Crippen molar-refractivity contribution in [2.24, 2.45) is 0 Å². The first-order valence-corrected chi connectivity index (χ1v) is 8.59. The molecular formula is C22H23NO2. The Kier molecular flexibility index (Phi) is 5.34. The predicted molar refractivity (Wildman–Crippen MR) is 99.3 cm³/mol. The number of carbonyl (C=O) groups excluding carboxylic acids is 1. The third kappa shape index (κ3) is 4.38. The molecule has 2 aromatic carbocycles. The summed E-state index contributed by atoms with van der Waals surface area (Å²) in [6.45, 7) is 3.84. The van der Waals surface area contributed by atoms with Gasteiger partial charge in [0.1, 0.15) is 11.5 Å². The maximum absolute atomic E-state index is 12.6. The summed E-state index contributed by atoms with van der Waals surface area (Å²) < 4.78 is 5.61. The van der Waals surface area contributed by atoms with Crippen LogP contribution in [0.2, 0.25) is 0 Å². The molecule has 0 saturated carbocycles. The zero-order valence-corrected chi connectivity index (χ0v) is 14.6. The fourth-order valence-corrected chi connectivity index (χ4v) is 3.04. The van der Waals surface area contributed by atoms with E-state index in [4.69, 9.17) is 4.42 Å². The van der Waals surface area contributed by atoms with Crippen LogP contribution in [0.5, 0.6) is 0 Å². The van der Waals surface area contributed by atoms with Crippen LogP contribution in [-0.2, 0) is 4.79 Å². The Morgan fingerprint density at radius 2 is 1.48 bits per heavy atom. The minimum atomic E-state index is -0.145. The van der Waals surface area contributed by atoms with E-state index in [2.05, 4.69) is 29.6 Å². The summed E-state index contributed by atoms with van der Waals surface area (Å²) in [7, 11) is 0. The topological polar surface area (TPSA) is 42.2 Å². The Bertz CT molecular complexity index is 769. The van der Waals surface area contributed by atoms with Crippen molar-refractivity contribution in [3.8, 4) is 0 Å². The van der Waals surface area contributed by atoms with Crippen molar-refractivity contribution in [3.63, 3.8) is 0 Å². The standard InChI is InChI=1S/C22H23NO2/c1-16-13-14-21(25-16)17(2)23-22(24)15-20(18-9-5-3-6-10-18)19-11-7-4-8-12-19/h3-14,17,20H,15H2,1-2H3,(H,23,24). The lowest BCUT2D eigenvalue weighted by atomic mass is 9.88. The maximum atomic E-state index is 12.6. The van der Waals surface area contributed by atoms with Crippen molar-refractivity contribution in [3.05, 3.63) is 95.4 Å². The number of hydrogen-bond donors (Lipinski definition) is 1. The highest BCUT2D eigenvalue weighted by molar-refractivity contribution is 5.78. The van der Waals surface area contributed by atoms with E-state index in [-0.39, 0.29) is 17.9 Å². The summed E-state index contributed by atoms with van der Waals surface area (Å²) in [5.74, 6) is 1.68. The zero-order chi connectivity index (χ0) is 17.6. The molecule has 0 saturated heterocycles. The van der Waals surface area contributed by atoms with Gasteiger partial charge >= 0.3 is 0 Å². The molecule has 1 heterocycles. The fraction of sp³-hybridized carbons (Fsp3) is 0.227. The molecule has 1 N–H and O–H groups in total. The first-order chi connectivity index (χ1) is 12.1. The van der Waals surface area contributed by atoms with Crippen LogP contribution in [-0.4, -0.2) is 5.91 Å². The quantitative estimate of drug-likeness (QED) is 0.690. The fourth-order valence-electron chi connectivity index (χ4n) is 3.04. The van der Waals surface area contributed by atoms with Gasteiger partial charge in [-0.15, -0.1) is 0 Å². The minimum absolute atomic E-state index is 0.0132. The summed E-state index contributed by atoms with van der Waals surface area (Å²) in [5, 5.41) is 3.05. The summed E-state index contributed by atoms with van der Waals surface area (Å²) >= 11 is 0. The Labute approximate surface area is 148 Å². The molecule has 0 radical (unpaired) electrons. The summed E-state index contributed by atoms with van der Waals surface area (Å²) in [5.41, 5.74) is 2.29. The van der Waals surface area contributed by atoms with E-state index in [0.717, 1.165) is 22.6 Å². The third-order valence-corrected chi connectivity index (χ3v) is 4.36. The lowest BCUT2D eigenvalue weighted by Gasteiger charge is -2.19. The van der Waals surface area contributed by atoms with Gasteiger partial charge in [0.2, 0.25) is 5.91 Å². The number of amides is 1. The van der Waals surface area contributed by atoms with Crippen molar-refractivity contribution >= 4 is 5.91 Å². The van der Waals surface area contributed by atoms with E-state index in [9.17, 15) is 4.79 Å². The number of carbonyl (C=O) groups is 1. The first kappa shape index (κ1) is 17.0. The van der Waals surface area contributed by atoms with E-state index in [0.29, 0.717) is 6.42 Å². The van der Waals surface area contributed by atoms with Gasteiger partial charge in [0, 0.05) is 12.3 Å². The van der Waals surface area contributed by atoms with Crippen LogP contribution >= 0.6 is 0 Å². The number of aryl methyl sites for hydroxylation is 1. The summed E-state index contributed by atoms with van der Waals surface area (Å²) in [6.07, 6.45) is 0.401. The van der Waals surface area contributed by atoms with Crippen LogP contribution in [0, 0.1) is 6.92 Å². The molecular weight excluding hydrogens is 310 g/mol. The van der Waals surface area contributed by atoms with Crippen molar-refractivity contribution in [1.82, 2.24) is 5.32 Å². The van der Waals surface area contributed by atoms with Gasteiger partial charge in [0.05, 0.1) is 6.04 Å². The molecule has 25 heavy (non-hydrogen) atoms. The molecule has 1 amide bonds. The van der Waals surface area contributed by atoms with Crippen LogP contribution in [0.15, 0.2) is 77.2 Å². The summed E-state index contributed by atoms with van der Waals surface area (Å²) in [6, 6.07) is 24.0. The Morgan fingerprint density at radius 1 is 0.920 bits per heavy atom. The largest absolute Gasteiger partial charge is 0.464 e. The molecule has 3 rings (SSSR count). The van der Waals surface area contributed by atoms with Gasteiger partial charge in [-0.05, 0) is 37.1 Å². The molecule has 3 aromatic rings. The monoisotopic (exact) mass is 333 g/mol. The van der Waals surface area contributed by atoms with Gasteiger partial charge in [-0.2, -0.15) is 0 Å². The van der Waals surface area contributed by atoms with Gasteiger partial charge < -0.3 is 9.73 Å². The van der Waals surface area contributed by atoms with E-state index in [1.165, 1.54) is 0 Å². The second-order valence-corrected chi connectivity index (χ2v) is 6.32. The highest BCUT2D eigenvalue weighted by atomic mass is 16.3. The van der Waals surface area contributed by atoms with Gasteiger partial charge in [-0.3, -0.25) is 4.79 Å². The molecule has 1 atom stereocenters. The van der Waals surface area contributed by atoms with Crippen LogP contribution in [0.25, 0.3) is 0 Å². The van der Waals surface area contributed by atoms with Crippen molar-refractivity contribution in [1.29, 1.82) is 0 Å². The number of hydrogen-bond acceptors (Lipinski definition) is 2. The predicted octanol–water partition coefficient (Wildman–Crippen LogP) is 4.99. The van der Waals surface area contributed by atoms with E-state index >= 15 is 0 Å². The van der Waals surface area contributed by atoms with E-state index in [1.807, 2.05) is 62.4 Å². The zero-order valence-electron chi connectivity index (χ0n) is 14.6. The highest BCUT2D eigenvalue weighted by Crippen LogP contribution is 2.28. The second kappa shape index (κ2) is 7.84. The van der Waals surface area contributed by atoms with Gasteiger partial charge in [-0.25, -0.2) is 0 Å². The molecule has 1 unspecified atom stereocenters. The van der Waals surface area contributed by atoms with Gasteiger partial charge in [0.25, 0.3) is 0 Å². The molecule has 0 bridgehead atoms. The van der Waals surface area contributed by atoms with Gasteiger partial charge in [0.15, 0.2) is 0 Å². The number of rotatable bonds is 6. The average Bonchev–Trinajstić information content (AvgIpc) is 3.08. The van der Waals surface area contributed by atoms with Gasteiger partial charge in [-0.1, -0.05) is 60.7 Å². The first-order valence-electron chi connectivity index (χ1n) is 8.59. The Hall–Kier alpha value is -2.81. The van der Waals surface area contributed by atoms with Crippen LogP contribution < -0.4 is 5.32 Å². The van der Waals surface area contributed by atoms with Crippen molar-refractivity contribution in [2.45, 2.75) is 32.2 Å². The lowest BCUT2D eigenvalue weighted by molar-refractivity contribution is -0.122.